The van der Waals surface area contributed by atoms with E-state index in [2.05, 4.69) is 49.8 Å². The Bertz CT molecular complexity index is 633. The molecule has 0 saturated carbocycles. The molecule has 2 heteroatoms. The highest BCUT2D eigenvalue weighted by atomic mass is 15.1. The third kappa shape index (κ3) is 21.9. The van der Waals surface area contributed by atoms with Gasteiger partial charge in [0.2, 0.25) is 0 Å². The van der Waals surface area contributed by atoms with Crippen molar-refractivity contribution in [2.75, 3.05) is 0 Å². The molecule has 1 unspecified atom stereocenters. The Kier molecular flexibility index (Phi) is 28.9. The molecule has 0 N–H and O–H groups in total. The first kappa shape index (κ1) is 41.2. The predicted octanol–water partition coefficient (Wildman–Crippen LogP) is 15.1. The summed E-state index contributed by atoms with van der Waals surface area (Å²) in [6.45, 7) is 9.52. The quantitative estimate of drug-likeness (QED) is 0.0695. The Labute approximate surface area is 278 Å². The zero-order chi connectivity index (χ0) is 31.8. The molecule has 0 aromatic carbocycles. The molecule has 0 aliphatic heterocycles. The van der Waals surface area contributed by atoms with Crippen LogP contribution in [0.3, 0.4) is 0 Å². The van der Waals surface area contributed by atoms with Crippen molar-refractivity contribution in [2.45, 2.75) is 245 Å². The highest BCUT2D eigenvalue weighted by Gasteiger charge is 2.33. The van der Waals surface area contributed by atoms with Crippen LogP contribution in [0.15, 0.2) is 18.7 Å². The van der Waals surface area contributed by atoms with Crippen LogP contribution in [0.25, 0.3) is 0 Å². The van der Waals surface area contributed by atoms with Crippen molar-refractivity contribution < 1.29 is 0 Å². The van der Waals surface area contributed by atoms with Gasteiger partial charge in [-0.1, -0.05) is 213 Å². The van der Waals surface area contributed by atoms with E-state index in [0.717, 1.165) is 5.92 Å². The number of aromatic nitrogens is 2. The predicted molar refractivity (Wildman–Crippen MR) is 199 cm³/mol. The van der Waals surface area contributed by atoms with Gasteiger partial charge >= 0.3 is 0 Å². The number of unbranched alkanes of at least 4 members (excludes halogenated alkanes) is 28. The van der Waals surface area contributed by atoms with Gasteiger partial charge in [-0.05, 0) is 32.1 Å². The average Bonchev–Trinajstić information content (AvgIpc) is 3.59. The lowest BCUT2D eigenvalue weighted by Crippen LogP contribution is -2.37. The molecule has 1 rings (SSSR count). The summed E-state index contributed by atoms with van der Waals surface area (Å²) in [5.41, 5.74) is 0.211. The molecular formula is C42H82N2. The maximum Gasteiger partial charge on any atom is 0.0951 e. The Morgan fingerprint density at radius 1 is 0.455 bits per heavy atom. The Balaban J connectivity index is 2.15. The monoisotopic (exact) mass is 615 g/mol. The van der Waals surface area contributed by atoms with Crippen LogP contribution in [0, 0.1) is 5.92 Å². The molecule has 0 amide bonds. The molecular weight excluding hydrogens is 532 g/mol. The van der Waals surface area contributed by atoms with E-state index >= 15 is 0 Å². The number of imidazole rings is 1. The normalized spacial score (nSPS) is 13.2. The van der Waals surface area contributed by atoms with E-state index in [1.807, 2.05) is 6.20 Å². The summed E-state index contributed by atoms with van der Waals surface area (Å²) < 4.78 is 2.44. The number of hydrogen-bond acceptors (Lipinski definition) is 1. The number of hydrogen-bond donors (Lipinski definition) is 0. The first-order valence-electron chi connectivity index (χ1n) is 20.7. The molecule has 0 bridgehead atoms. The second-order valence-electron chi connectivity index (χ2n) is 14.9. The molecule has 2 nitrogen and oxygen atoms in total. The minimum absolute atomic E-state index is 0.211. The van der Waals surface area contributed by atoms with Crippen molar-refractivity contribution >= 4 is 0 Å². The molecule has 260 valence electrons. The minimum atomic E-state index is 0.211. The van der Waals surface area contributed by atoms with E-state index < -0.39 is 0 Å². The van der Waals surface area contributed by atoms with Crippen LogP contribution < -0.4 is 0 Å². The van der Waals surface area contributed by atoms with Crippen LogP contribution in [0.1, 0.15) is 240 Å². The van der Waals surface area contributed by atoms with Crippen molar-refractivity contribution in [1.29, 1.82) is 0 Å². The largest absolute Gasteiger partial charge is 0.331 e. The molecule has 0 spiro atoms. The van der Waals surface area contributed by atoms with Crippen LogP contribution in [-0.4, -0.2) is 9.55 Å². The zero-order valence-electron chi connectivity index (χ0n) is 31.0. The molecule has 1 heterocycles. The van der Waals surface area contributed by atoms with Crippen molar-refractivity contribution in [1.82, 2.24) is 9.55 Å². The Morgan fingerprint density at radius 2 is 0.750 bits per heavy atom. The second-order valence-corrected chi connectivity index (χ2v) is 14.9. The van der Waals surface area contributed by atoms with E-state index in [9.17, 15) is 0 Å². The number of rotatable bonds is 35. The Morgan fingerprint density at radius 3 is 1.00 bits per heavy atom. The molecule has 44 heavy (non-hydrogen) atoms. The summed E-state index contributed by atoms with van der Waals surface area (Å²) >= 11 is 0. The maximum absolute atomic E-state index is 4.43. The van der Waals surface area contributed by atoms with Gasteiger partial charge in [0.05, 0.1) is 6.33 Å². The van der Waals surface area contributed by atoms with Gasteiger partial charge in [0.25, 0.3) is 0 Å². The second kappa shape index (κ2) is 30.8. The van der Waals surface area contributed by atoms with Gasteiger partial charge in [-0.3, -0.25) is 0 Å². The highest BCUT2D eigenvalue weighted by Crippen LogP contribution is 2.37. The molecule has 0 radical (unpaired) electrons. The van der Waals surface area contributed by atoms with Crippen LogP contribution in [-0.2, 0) is 5.54 Å². The molecule has 0 aliphatic carbocycles. The zero-order valence-corrected chi connectivity index (χ0v) is 31.0. The first-order valence-corrected chi connectivity index (χ1v) is 20.7. The SMILES string of the molecule is CCCCCCCCCCCCCCCCCC(CCCCCCCCCCCCCCCCC)C(C)(CC)n1ccnc1. The molecule has 0 fully saturated rings. The molecule has 1 atom stereocenters. The summed E-state index contributed by atoms with van der Waals surface area (Å²) in [5.74, 6) is 0.769. The highest BCUT2D eigenvalue weighted by molar-refractivity contribution is 4.93. The third-order valence-electron chi connectivity index (χ3n) is 11.0. The lowest BCUT2D eigenvalue weighted by atomic mass is 9.76. The fourth-order valence-electron chi connectivity index (χ4n) is 7.53. The van der Waals surface area contributed by atoms with E-state index in [-0.39, 0.29) is 5.54 Å². The van der Waals surface area contributed by atoms with Gasteiger partial charge in [-0.2, -0.15) is 0 Å². The van der Waals surface area contributed by atoms with E-state index in [1.165, 1.54) is 212 Å². The van der Waals surface area contributed by atoms with Gasteiger partial charge in [-0.15, -0.1) is 0 Å². The Hall–Kier alpha value is -0.790. The van der Waals surface area contributed by atoms with Gasteiger partial charge in [0.1, 0.15) is 0 Å². The van der Waals surface area contributed by atoms with Gasteiger partial charge in [-0.25, -0.2) is 4.98 Å². The summed E-state index contributed by atoms with van der Waals surface area (Å²) in [6, 6.07) is 0. The van der Waals surface area contributed by atoms with Gasteiger partial charge < -0.3 is 4.57 Å². The lowest BCUT2D eigenvalue weighted by Gasteiger charge is -2.39. The molecule has 1 aromatic heterocycles. The van der Waals surface area contributed by atoms with Crippen molar-refractivity contribution in [3.05, 3.63) is 18.7 Å². The summed E-state index contributed by atoms with van der Waals surface area (Å²) in [7, 11) is 0. The van der Waals surface area contributed by atoms with Crippen molar-refractivity contribution in [3.8, 4) is 0 Å². The molecule has 0 saturated heterocycles. The van der Waals surface area contributed by atoms with Gasteiger partial charge in [0, 0.05) is 17.9 Å². The van der Waals surface area contributed by atoms with Crippen LogP contribution in [0.2, 0.25) is 0 Å². The average molecular weight is 615 g/mol. The topological polar surface area (TPSA) is 17.8 Å². The standard InChI is InChI=1S/C42H82N2/c1-5-8-10-12-14-16-18-20-22-24-26-28-30-32-34-36-41(42(4,7-3)44-39-38-43-40-44)37-35-33-31-29-27-25-23-21-19-17-15-13-11-9-6-2/h38-41H,5-37H2,1-4H3. The van der Waals surface area contributed by atoms with E-state index in [0.29, 0.717) is 0 Å². The fourth-order valence-corrected chi connectivity index (χ4v) is 7.53. The van der Waals surface area contributed by atoms with Crippen LogP contribution in [0.4, 0.5) is 0 Å². The molecule has 0 aliphatic rings. The van der Waals surface area contributed by atoms with Crippen LogP contribution >= 0.6 is 0 Å². The van der Waals surface area contributed by atoms with Crippen LogP contribution in [0.5, 0.6) is 0 Å². The number of nitrogens with zero attached hydrogens (tertiary/aromatic N) is 2. The van der Waals surface area contributed by atoms with E-state index in [4.69, 9.17) is 0 Å². The molecule has 1 aromatic rings. The minimum Gasteiger partial charge on any atom is -0.331 e. The summed E-state index contributed by atoms with van der Waals surface area (Å²) in [4.78, 5) is 4.43. The van der Waals surface area contributed by atoms with Gasteiger partial charge in [0.15, 0.2) is 0 Å². The summed E-state index contributed by atoms with van der Waals surface area (Å²) in [6.07, 6.45) is 53.7. The lowest BCUT2D eigenvalue weighted by molar-refractivity contribution is 0.153. The van der Waals surface area contributed by atoms with Crippen molar-refractivity contribution in [3.63, 3.8) is 0 Å². The van der Waals surface area contributed by atoms with Crippen molar-refractivity contribution in [2.24, 2.45) is 5.92 Å². The fraction of sp³-hybridized carbons (Fsp3) is 0.929. The summed E-state index contributed by atoms with van der Waals surface area (Å²) in [5, 5.41) is 0. The first-order chi connectivity index (χ1) is 21.7. The maximum atomic E-state index is 4.43. The third-order valence-corrected chi connectivity index (χ3v) is 11.0. The van der Waals surface area contributed by atoms with E-state index in [1.54, 1.807) is 0 Å². The smallest absolute Gasteiger partial charge is 0.0951 e.